The van der Waals surface area contributed by atoms with Crippen molar-refractivity contribution in [1.82, 2.24) is 10.2 Å². The number of carbonyl (C=O) groups is 1. The zero-order chi connectivity index (χ0) is 5.28. The number of rotatable bonds is 0. The van der Waals surface area contributed by atoms with Crippen LogP contribution in [0.1, 0.15) is 0 Å². The molecule has 1 fully saturated rings. The number of urea groups is 1. The molecular formula is C4H7N2OY-. The topological polar surface area (TPSA) is 32.3 Å². The quantitative estimate of drug-likeness (QED) is 0.524. The SMILES string of the molecule is CN1C[CH-]NC1=O.[Y]. The standard InChI is InChI=1S/C4H7N2O.Y/c1-6-3-2-5-4(6)7;/h2H,3H2,1H3,(H,5,7);/q-1;. The van der Waals surface area contributed by atoms with Gasteiger partial charge in [-0.15, -0.1) is 0 Å². The molecule has 3 nitrogen and oxygen atoms in total. The molecule has 0 aromatic carbocycles. The Hall–Kier alpha value is 0.374. The molecule has 1 N–H and O–H groups in total. The molecule has 0 atom stereocenters. The third kappa shape index (κ3) is 1.71. The van der Waals surface area contributed by atoms with Crippen molar-refractivity contribution < 1.29 is 37.5 Å². The van der Waals surface area contributed by atoms with E-state index in [1.165, 1.54) is 0 Å². The number of carbonyl (C=O) groups excluding carboxylic acids is 1. The zero-order valence-electron chi connectivity index (χ0n) is 4.72. The summed E-state index contributed by atoms with van der Waals surface area (Å²) in [5, 5.41) is 2.53. The maximum absolute atomic E-state index is 10.4. The van der Waals surface area contributed by atoms with Gasteiger partial charge in [0.1, 0.15) is 0 Å². The maximum Gasteiger partial charge on any atom is 0.285 e. The van der Waals surface area contributed by atoms with Gasteiger partial charge in [-0.2, -0.15) is 0 Å². The number of hydrogen-bond donors (Lipinski definition) is 1. The average Bonchev–Trinajstić information content (AvgIpc) is 1.91. The average molecular weight is 188 g/mol. The Bertz CT molecular complexity index is 96.0. The van der Waals surface area contributed by atoms with Crippen molar-refractivity contribution >= 4 is 6.03 Å². The Kier molecular flexibility index (Phi) is 3.57. The Labute approximate surface area is 73.7 Å². The van der Waals surface area contributed by atoms with Crippen molar-refractivity contribution in [2.24, 2.45) is 0 Å². The first-order valence-electron chi connectivity index (χ1n) is 2.14. The van der Waals surface area contributed by atoms with Crippen molar-refractivity contribution in [3.05, 3.63) is 6.54 Å². The predicted octanol–water partition coefficient (Wildman–Crippen LogP) is -0.199. The fourth-order valence-corrected chi connectivity index (χ4v) is 0.463. The van der Waals surface area contributed by atoms with Crippen LogP contribution in [0.3, 0.4) is 0 Å². The molecule has 0 aromatic heterocycles. The van der Waals surface area contributed by atoms with Gasteiger partial charge < -0.3 is 10.2 Å². The zero-order valence-corrected chi connectivity index (χ0v) is 7.56. The summed E-state index contributed by atoms with van der Waals surface area (Å²) in [6, 6.07) is -0.0139. The van der Waals surface area contributed by atoms with Gasteiger partial charge in [-0.3, -0.25) is 4.79 Å². The van der Waals surface area contributed by atoms with Crippen molar-refractivity contribution in [2.45, 2.75) is 0 Å². The van der Waals surface area contributed by atoms with Gasteiger partial charge in [0.2, 0.25) is 0 Å². The van der Waals surface area contributed by atoms with Crippen LogP contribution in [0.25, 0.3) is 0 Å². The van der Waals surface area contributed by atoms with E-state index >= 15 is 0 Å². The molecular weight excluding hydrogens is 181 g/mol. The Morgan fingerprint density at radius 1 is 1.88 bits per heavy atom. The molecule has 1 heterocycles. The molecule has 0 unspecified atom stereocenters. The second-order valence-electron chi connectivity index (χ2n) is 1.53. The Balaban J connectivity index is 0.000000490. The number of amides is 2. The number of likely N-dealkylation sites (N-methyl/N-ethyl adjacent to an activating group) is 1. The fourth-order valence-electron chi connectivity index (χ4n) is 0.463. The van der Waals surface area contributed by atoms with Crippen LogP contribution < -0.4 is 5.32 Å². The first-order chi connectivity index (χ1) is 3.30. The monoisotopic (exact) mass is 188 g/mol. The first-order valence-corrected chi connectivity index (χ1v) is 2.14. The maximum atomic E-state index is 10.4. The molecule has 0 bridgehead atoms. The fraction of sp³-hybridized carbons (Fsp3) is 0.500. The third-order valence-corrected chi connectivity index (χ3v) is 0.937. The molecule has 0 saturated carbocycles. The molecule has 1 aliphatic heterocycles. The molecule has 43 valence electrons. The van der Waals surface area contributed by atoms with E-state index in [1.807, 2.05) is 0 Å². The van der Waals surface area contributed by atoms with Crippen LogP contribution in [-0.2, 0) is 32.7 Å². The van der Waals surface area contributed by atoms with Gasteiger partial charge in [-0.1, -0.05) is 6.54 Å². The summed E-state index contributed by atoms with van der Waals surface area (Å²) in [5.74, 6) is 0. The van der Waals surface area contributed by atoms with Crippen LogP contribution in [0.4, 0.5) is 4.79 Å². The van der Waals surface area contributed by atoms with Crippen LogP contribution >= 0.6 is 0 Å². The van der Waals surface area contributed by atoms with Crippen LogP contribution in [-0.4, -0.2) is 24.5 Å². The minimum Gasteiger partial charge on any atom is -0.486 e. The van der Waals surface area contributed by atoms with Crippen LogP contribution in [0.15, 0.2) is 0 Å². The Morgan fingerprint density at radius 3 is 2.62 bits per heavy atom. The van der Waals surface area contributed by atoms with Gasteiger partial charge in [-0.05, 0) is 0 Å². The van der Waals surface area contributed by atoms with Crippen LogP contribution in [0.2, 0.25) is 0 Å². The summed E-state index contributed by atoms with van der Waals surface area (Å²) < 4.78 is 0. The summed E-state index contributed by atoms with van der Waals surface area (Å²) in [5.41, 5.74) is 0. The molecule has 8 heavy (non-hydrogen) atoms. The van der Waals surface area contributed by atoms with Gasteiger partial charge >= 0.3 is 0 Å². The summed E-state index contributed by atoms with van der Waals surface area (Å²) >= 11 is 0. The minimum atomic E-state index is -0.0139. The second kappa shape index (κ2) is 3.41. The summed E-state index contributed by atoms with van der Waals surface area (Å²) in [6.07, 6.45) is 0. The summed E-state index contributed by atoms with van der Waals surface area (Å²) in [4.78, 5) is 12.0. The summed E-state index contributed by atoms with van der Waals surface area (Å²) in [7, 11) is 1.75. The molecule has 1 aliphatic rings. The van der Waals surface area contributed by atoms with Gasteiger partial charge in [0.05, 0.1) is 0 Å². The molecule has 1 radical (unpaired) electrons. The van der Waals surface area contributed by atoms with E-state index < -0.39 is 0 Å². The molecule has 0 spiro atoms. The van der Waals surface area contributed by atoms with Gasteiger partial charge in [0, 0.05) is 39.8 Å². The molecule has 1 saturated heterocycles. The first kappa shape index (κ1) is 8.37. The van der Waals surface area contributed by atoms with E-state index in [0.29, 0.717) is 0 Å². The van der Waals surface area contributed by atoms with Crippen LogP contribution in [0.5, 0.6) is 0 Å². The van der Waals surface area contributed by atoms with Crippen LogP contribution in [0, 0.1) is 6.54 Å². The van der Waals surface area contributed by atoms with E-state index in [9.17, 15) is 4.79 Å². The van der Waals surface area contributed by atoms with E-state index in [2.05, 4.69) is 5.32 Å². The Morgan fingerprint density at radius 2 is 2.50 bits per heavy atom. The molecule has 4 heteroatoms. The predicted molar refractivity (Wildman–Crippen MR) is 25.5 cm³/mol. The summed E-state index contributed by atoms with van der Waals surface area (Å²) in [6.45, 7) is 2.45. The van der Waals surface area contributed by atoms with E-state index in [1.54, 1.807) is 18.5 Å². The van der Waals surface area contributed by atoms with E-state index in [4.69, 9.17) is 0 Å². The molecule has 1 rings (SSSR count). The number of nitrogens with zero attached hydrogens (tertiary/aromatic N) is 1. The number of nitrogens with one attached hydrogen (secondary N) is 1. The van der Waals surface area contributed by atoms with E-state index in [0.717, 1.165) is 6.54 Å². The third-order valence-electron chi connectivity index (χ3n) is 0.937. The number of hydrogen-bond acceptors (Lipinski definition) is 1. The van der Waals surface area contributed by atoms with Crippen molar-refractivity contribution in [1.29, 1.82) is 0 Å². The van der Waals surface area contributed by atoms with Crippen molar-refractivity contribution in [3.8, 4) is 0 Å². The van der Waals surface area contributed by atoms with Crippen molar-refractivity contribution in [3.63, 3.8) is 0 Å². The van der Waals surface area contributed by atoms with Crippen molar-refractivity contribution in [2.75, 3.05) is 13.6 Å². The smallest absolute Gasteiger partial charge is 0.285 e. The normalized spacial score (nSPS) is 17.6. The van der Waals surface area contributed by atoms with Gasteiger partial charge in [-0.25, -0.2) is 6.54 Å². The molecule has 2 amide bonds. The van der Waals surface area contributed by atoms with Gasteiger partial charge in [0.15, 0.2) is 0 Å². The minimum absolute atomic E-state index is 0. The molecule has 0 aromatic rings. The molecule has 0 aliphatic carbocycles. The second-order valence-corrected chi connectivity index (χ2v) is 1.53. The largest absolute Gasteiger partial charge is 0.486 e. The van der Waals surface area contributed by atoms with Gasteiger partial charge in [0.25, 0.3) is 6.03 Å². The van der Waals surface area contributed by atoms with E-state index in [-0.39, 0.29) is 38.7 Å².